The molecule has 0 atom stereocenters. The number of fused-ring (bicyclic) bond motifs is 2. The van der Waals surface area contributed by atoms with E-state index in [1.165, 1.54) is 12.4 Å². The minimum atomic E-state index is -4.04. The lowest BCUT2D eigenvalue weighted by molar-refractivity contribution is -0.457. The summed E-state index contributed by atoms with van der Waals surface area (Å²) < 4.78 is 33.4. The van der Waals surface area contributed by atoms with Crippen LogP contribution in [0.1, 0.15) is 5.56 Å². The number of allylic oxidation sites excluding steroid dienone is 2. The van der Waals surface area contributed by atoms with E-state index in [4.69, 9.17) is 0 Å². The Bertz CT molecular complexity index is 1680. The van der Waals surface area contributed by atoms with Crippen LogP contribution in [0.15, 0.2) is 66.2 Å². The van der Waals surface area contributed by atoms with E-state index in [1.54, 1.807) is 44.7 Å². The van der Waals surface area contributed by atoms with E-state index in [1.807, 2.05) is 32.6 Å². The molecular weight excluding hydrogens is 442 g/mol. The van der Waals surface area contributed by atoms with Gasteiger partial charge in [-0.2, -0.15) is 23.7 Å². The lowest BCUT2D eigenvalue weighted by Gasteiger charge is -2.11. The molecule has 0 saturated heterocycles. The second-order valence-electron chi connectivity index (χ2n) is 7.83. The van der Waals surface area contributed by atoms with Crippen molar-refractivity contribution in [3.8, 4) is 11.1 Å². The summed E-state index contributed by atoms with van der Waals surface area (Å²) >= 11 is 0. The average molecular weight is 461 g/mol. The van der Waals surface area contributed by atoms with Gasteiger partial charge < -0.3 is 0 Å². The van der Waals surface area contributed by atoms with E-state index in [0.717, 1.165) is 26.4 Å². The SMILES string of the molecule is Cn1cc(C2=CC=C3N=CC(S(=O)(=O)n4ncc5ncc(-c6cnn(C)c6)cc54)=[N+]3C2)cn1. The zero-order valence-corrected chi connectivity index (χ0v) is 18.5. The van der Waals surface area contributed by atoms with Gasteiger partial charge in [0.15, 0.2) is 0 Å². The van der Waals surface area contributed by atoms with Crippen molar-refractivity contribution in [3.63, 3.8) is 0 Å². The molecule has 6 heterocycles. The number of aromatic nitrogens is 7. The summed E-state index contributed by atoms with van der Waals surface area (Å²) in [5.74, 6) is 0.562. The monoisotopic (exact) mass is 460 g/mol. The molecule has 0 unspecified atom stereocenters. The molecule has 0 radical (unpaired) electrons. The van der Waals surface area contributed by atoms with Crippen molar-refractivity contribution in [2.75, 3.05) is 6.54 Å². The third-order valence-corrected chi connectivity index (χ3v) is 7.21. The standard InChI is InChI=1S/C21H18N9O2S/c1-27-11-16(7-24-27)14-3-4-20-23-10-21(29(20)13-14)33(31,32)30-19-5-15(6-22-18(19)9-26-30)17-8-25-28(2)12-17/h3-12H,13H2,1-2H3/q+1. The molecule has 11 nitrogen and oxygen atoms in total. The van der Waals surface area contributed by atoms with Crippen molar-refractivity contribution in [1.29, 1.82) is 0 Å². The Morgan fingerprint density at radius 2 is 1.67 bits per heavy atom. The molecule has 164 valence electrons. The first-order chi connectivity index (χ1) is 15.9. The second kappa shape index (κ2) is 6.90. The van der Waals surface area contributed by atoms with Gasteiger partial charge in [0, 0.05) is 61.0 Å². The summed E-state index contributed by atoms with van der Waals surface area (Å²) in [6, 6.07) is 1.75. The van der Waals surface area contributed by atoms with Crippen LogP contribution in [-0.2, 0) is 24.1 Å². The first-order valence-electron chi connectivity index (χ1n) is 10.1. The number of hydrogen-bond acceptors (Lipinski definition) is 7. The molecule has 0 N–H and O–H groups in total. The Labute approximate surface area is 188 Å². The number of aliphatic imine (C=N–C) groups is 1. The summed E-state index contributed by atoms with van der Waals surface area (Å²) in [5.41, 5.74) is 4.31. The highest BCUT2D eigenvalue weighted by Gasteiger charge is 2.38. The third kappa shape index (κ3) is 3.06. The van der Waals surface area contributed by atoms with Gasteiger partial charge in [0.2, 0.25) is 6.21 Å². The molecular formula is C21H18N9O2S+. The molecule has 0 fully saturated rings. The average Bonchev–Trinajstić information content (AvgIpc) is 3.58. The van der Waals surface area contributed by atoms with Gasteiger partial charge in [0.05, 0.1) is 18.6 Å². The Morgan fingerprint density at radius 1 is 0.909 bits per heavy atom. The lowest BCUT2D eigenvalue weighted by atomic mass is 10.1. The number of hydrogen-bond donors (Lipinski definition) is 0. The van der Waals surface area contributed by atoms with E-state index >= 15 is 0 Å². The molecule has 0 bridgehead atoms. The molecule has 2 aliphatic rings. The van der Waals surface area contributed by atoms with Crippen LogP contribution in [-0.4, -0.2) is 64.5 Å². The molecule has 0 aliphatic carbocycles. The maximum Gasteiger partial charge on any atom is 0.324 e. The number of nitrogens with zero attached hydrogens (tertiary/aromatic N) is 9. The van der Waals surface area contributed by atoms with E-state index in [-0.39, 0.29) is 5.04 Å². The van der Waals surface area contributed by atoms with Crippen molar-refractivity contribution in [3.05, 3.63) is 66.8 Å². The van der Waals surface area contributed by atoms with Gasteiger partial charge in [-0.1, -0.05) is 0 Å². The molecule has 0 spiro atoms. The predicted octanol–water partition coefficient (Wildman–Crippen LogP) is 1.18. The summed E-state index contributed by atoms with van der Waals surface area (Å²) in [4.78, 5) is 8.70. The molecule has 0 saturated carbocycles. The van der Waals surface area contributed by atoms with Crippen LogP contribution in [0.2, 0.25) is 0 Å². The van der Waals surface area contributed by atoms with Gasteiger partial charge in [-0.25, -0.2) is 4.58 Å². The van der Waals surface area contributed by atoms with Crippen molar-refractivity contribution >= 4 is 37.9 Å². The van der Waals surface area contributed by atoms with E-state index in [9.17, 15) is 8.42 Å². The van der Waals surface area contributed by atoms with Crippen LogP contribution in [0, 0.1) is 0 Å². The summed E-state index contributed by atoms with van der Waals surface area (Å²) in [7, 11) is -0.381. The summed E-state index contributed by atoms with van der Waals surface area (Å²) in [6.07, 6.45) is 15.4. The molecule has 0 amide bonds. The Balaban J connectivity index is 1.44. The quantitative estimate of drug-likeness (QED) is 0.424. The third-order valence-electron chi connectivity index (χ3n) is 5.61. The minimum Gasteiger partial charge on any atom is -0.275 e. The summed E-state index contributed by atoms with van der Waals surface area (Å²) in [6.45, 7) is 0.352. The van der Waals surface area contributed by atoms with Gasteiger partial charge in [-0.05, 0) is 17.1 Å². The molecule has 12 heteroatoms. The van der Waals surface area contributed by atoms with Gasteiger partial charge in [-0.15, -0.1) is 4.09 Å². The smallest absolute Gasteiger partial charge is 0.275 e. The maximum atomic E-state index is 13.7. The summed E-state index contributed by atoms with van der Waals surface area (Å²) in [5, 5.41) is 12.6. The molecule has 2 aliphatic heterocycles. The lowest BCUT2D eigenvalue weighted by Crippen LogP contribution is -2.32. The fraction of sp³-hybridized carbons (Fsp3) is 0.143. The van der Waals surface area contributed by atoms with Crippen molar-refractivity contribution < 1.29 is 13.0 Å². The van der Waals surface area contributed by atoms with Crippen LogP contribution in [0.4, 0.5) is 0 Å². The largest absolute Gasteiger partial charge is 0.324 e. The Hall–Kier alpha value is -4.19. The van der Waals surface area contributed by atoms with Crippen LogP contribution < -0.4 is 0 Å². The fourth-order valence-electron chi connectivity index (χ4n) is 3.94. The van der Waals surface area contributed by atoms with Crippen LogP contribution in [0.25, 0.3) is 27.7 Å². The number of rotatable bonds is 3. The predicted molar refractivity (Wildman–Crippen MR) is 122 cm³/mol. The Kier molecular flexibility index (Phi) is 4.08. The fourth-order valence-corrected chi connectivity index (χ4v) is 5.31. The zero-order valence-electron chi connectivity index (χ0n) is 17.7. The first kappa shape index (κ1) is 19.5. The highest BCUT2D eigenvalue weighted by atomic mass is 32.2. The molecule has 4 aromatic rings. The van der Waals surface area contributed by atoms with Gasteiger partial charge in [0.25, 0.3) is 5.04 Å². The van der Waals surface area contributed by atoms with Crippen molar-refractivity contribution in [1.82, 2.24) is 33.7 Å². The second-order valence-corrected chi connectivity index (χ2v) is 9.54. The number of aryl methyl sites for hydroxylation is 2. The van der Waals surface area contributed by atoms with Crippen molar-refractivity contribution in [2.45, 2.75) is 0 Å². The van der Waals surface area contributed by atoms with E-state index in [0.29, 0.717) is 23.4 Å². The molecule has 4 aromatic heterocycles. The van der Waals surface area contributed by atoms with E-state index < -0.39 is 10.0 Å². The zero-order chi connectivity index (χ0) is 22.7. The van der Waals surface area contributed by atoms with Crippen LogP contribution in [0.5, 0.6) is 0 Å². The van der Waals surface area contributed by atoms with Gasteiger partial charge in [-0.3, -0.25) is 14.3 Å². The maximum absolute atomic E-state index is 13.7. The number of pyridine rings is 1. The van der Waals surface area contributed by atoms with Crippen LogP contribution in [0.3, 0.4) is 0 Å². The molecule has 6 rings (SSSR count). The van der Waals surface area contributed by atoms with Crippen molar-refractivity contribution in [2.24, 2.45) is 19.1 Å². The molecule has 33 heavy (non-hydrogen) atoms. The van der Waals surface area contributed by atoms with Gasteiger partial charge >= 0.3 is 15.8 Å². The first-order valence-corrected chi connectivity index (χ1v) is 11.5. The topological polar surface area (TPSA) is 116 Å². The highest BCUT2D eigenvalue weighted by Crippen LogP contribution is 2.26. The van der Waals surface area contributed by atoms with E-state index in [2.05, 4.69) is 25.3 Å². The molecule has 0 aromatic carbocycles. The van der Waals surface area contributed by atoms with Crippen LogP contribution >= 0.6 is 0 Å². The highest BCUT2D eigenvalue weighted by molar-refractivity contribution is 8.06. The normalized spacial score (nSPS) is 15.8. The minimum absolute atomic E-state index is 0.0556. The Morgan fingerprint density at radius 3 is 2.39 bits per heavy atom. The van der Waals surface area contributed by atoms with Gasteiger partial charge in [0.1, 0.15) is 17.6 Å².